The predicted octanol–water partition coefficient (Wildman–Crippen LogP) is -0.632. The molecule has 0 aromatic rings. The molecule has 0 radical (unpaired) electrons. The van der Waals surface area contributed by atoms with E-state index in [0.29, 0.717) is 6.54 Å². The molecular formula is C9H15N3O2. The number of hydrogen-bond donors (Lipinski definition) is 1. The Morgan fingerprint density at radius 2 is 1.86 bits per heavy atom. The summed E-state index contributed by atoms with van der Waals surface area (Å²) >= 11 is 0. The molecule has 0 atom stereocenters. The maximum Gasteiger partial charge on any atom is 0.268 e. The Morgan fingerprint density at radius 1 is 1.29 bits per heavy atom. The van der Waals surface area contributed by atoms with Crippen molar-refractivity contribution >= 4 is 11.8 Å². The van der Waals surface area contributed by atoms with Crippen LogP contribution in [0, 0.1) is 0 Å². The molecule has 0 aromatic heterocycles. The molecule has 0 saturated carbocycles. The molecule has 1 heterocycles. The summed E-state index contributed by atoms with van der Waals surface area (Å²) < 4.78 is 0. The zero-order valence-corrected chi connectivity index (χ0v) is 8.49. The first-order valence-corrected chi connectivity index (χ1v) is 4.55. The van der Waals surface area contributed by atoms with Crippen molar-refractivity contribution in [1.82, 2.24) is 15.3 Å². The number of nitrogens with one attached hydrogen (secondary N) is 1. The van der Waals surface area contributed by atoms with Crippen molar-refractivity contribution in [3.63, 3.8) is 0 Å². The van der Waals surface area contributed by atoms with E-state index >= 15 is 0 Å². The normalized spacial score (nSPS) is 16.1. The van der Waals surface area contributed by atoms with Crippen molar-refractivity contribution in [2.45, 2.75) is 6.42 Å². The van der Waals surface area contributed by atoms with Crippen LogP contribution in [0.15, 0.2) is 12.2 Å². The fourth-order valence-electron chi connectivity index (χ4n) is 1.14. The fraction of sp³-hybridized carbons (Fsp3) is 0.556. The molecule has 1 rings (SSSR count). The highest BCUT2D eigenvalue weighted by molar-refractivity contribution is 6.12. The lowest BCUT2D eigenvalue weighted by Crippen LogP contribution is -2.43. The molecule has 2 amide bonds. The Bertz CT molecular complexity index is 243. The zero-order valence-electron chi connectivity index (χ0n) is 8.49. The van der Waals surface area contributed by atoms with E-state index < -0.39 is 0 Å². The largest absolute Gasteiger partial charge is 0.309 e. The number of hydrogen-bond acceptors (Lipinski definition) is 4. The lowest BCUT2D eigenvalue weighted by Gasteiger charge is -2.16. The minimum atomic E-state index is -0.292. The molecule has 5 nitrogen and oxygen atoms in total. The highest BCUT2D eigenvalue weighted by Crippen LogP contribution is 1.98. The molecule has 1 aliphatic rings. The summed E-state index contributed by atoms with van der Waals surface area (Å²) in [6, 6.07) is 0. The molecule has 0 unspecified atom stereocenters. The van der Waals surface area contributed by atoms with Crippen LogP contribution in [0.25, 0.3) is 0 Å². The topological polar surface area (TPSA) is 52.6 Å². The average Bonchev–Trinajstić information content (AvgIpc) is 2.42. The van der Waals surface area contributed by atoms with Crippen molar-refractivity contribution in [3.8, 4) is 0 Å². The summed E-state index contributed by atoms with van der Waals surface area (Å²) in [5.74, 6) is -0.584. The zero-order chi connectivity index (χ0) is 10.6. The van der Waals surface area contributed by atoms with Gasteiger partial charge in [0.15, 0.2) is 0 Å². The average molecular weight is 197 g/mol. The van der Waals surface area contributed by atoms with Gasteiger partial charge in [0.05, 0.1) is 0 Å². The number of hydrazine groups is 1. The second-order valence-electron chi connectivity index (χ2n) is 3.41. The van der Waals surface area contributed by atoms with Crippen LogP contribution >= 0.6 is 0 Å². The first-order valence-electron chi connectivity index (χ1n) is 4.55. The van der Waals surface area contributed by atoms with Crippen molar-refractivity contribution in [2.24, 2.45) is 0 Å². The predicted molar refractivity (Wildman–Crippen MR) is 52.2 cm³/mol. The van der Waals surface area contributed by atoms with Gasteiger partial charge in [-0.15, -0.1) is 0 Å². The molecule has 0 fully saturated rings. The van der Waals surface area contributed by atoms with Gasteiger partial charge < -0.3 is 4.90 Å². The van der Waals surface area contributed by atoms with Crippen molar-refractivity contribution in [3.05, 3.63) is 12.2 Å². The van der Waals surface area contributed by atoms with Gasteiger partial charge in [-0.1, -0.05) is 0 Å². The highest BCUT2D eigenvalue weighted by atomic mass is 16.2. The summed E-state index contributed by atoms with van der Waals surface area (Å²) in [6.45, 7) is 1.55. The Hall–Kier alpha value is -1.20. The van der Waals surface area contributed by atoms with E-state index in [-0.39, 0.29) is 11.8 Å². The van der Waals surface area contributed by atoms with Gasteiger partial charge in [-0.25, -0.2) is 10.4 Å². The number of carbonyl (C=O) groups is 2. The second-order valence-corrected chi connectivity index (χ2v) is 3.41. The molecule has 0 spiro atoms. The Balaban J connectivity index is 2.19. The van der Waals surface area contributed by atoms with E-state index in [1.807, 2.05) is 19.0 Å². The van der Waals surface area contributed by atoms with E-state index in [1.54, 1.807) is 0 Å². The number of rotatable bonds is 5. The molecule has 5 heteroatoms. The SMILES string of the molecule is CN(C)CCCNN1C(=O)C=CC1=O. The minimum Gasteiger partial charge on any atom is -0.309 e. The summed E-state index contributed by atoms with van der Waals surface area (Å²) in [7, 11) is 3.96. The van der Waals surface area contributed by atoms with Crippen molar-refractivity contribution in [2.75, 3.05) is 27.2 Å². The maximum absolute atomic E-state index is 11.1. The Labute approximate surface area is 83.3 Å². The van der Waals surface area contributed by atoms with Crippen molar-refractivity contribution in [1.29, 1.82) is 0 Å². The molecule has 0 aromatic carbocycles. The summed E-state index contributed by atoms with van der Waals surface area (Å²) in [6.07, 6.45) is 3.42. The van der Waals surface area contributed by atoms with Gasteiger partial charge in [-0.3, -0.25) is 9.59 Å². The van der Waals surface area contributed by atoms with Gasteiger partial charge in [-0.2, -0.15) is 0 Å². The van der Waals surface area contributed by atoms with Gasteiger partial charge in [0, 0.05) is 18.7 Å². The summed E-state index contributed by atoms with van der Waals surface area (Å²) in [4.78, 5) is 24.2. The monoisotopic (exact) mass is 197 g/mol. The van der Waals surface area contributed by atoms with Crippen LogP contribution < -0.4 is 5.43 Å². The van der Waals surface area contributed by atoms with E-state index in [1.165, 1.54) is 12.2 Å². The molecule has 1 N–H and O–H groups in total. The standard InChI is InChI=1S/C9H15N3O2/c1-11(2)7-3-6-10-12-8(13)4-5-9(12)14/h4-5,10H,3,6-7H2,1-2H3. The molecule has 1 aliphatic heterocycles. The summed E-state index contributed by atoms with van der Waals surface area (Å²) in [5, 5.41) is 1.04. The van der Waals surface area contributed by atoms with E-state index in [4.69, 9.17) is 0 Å². The number of carbonyl (C=O) groups excluding carboxylic acids is 2. The smallest absolute Gasteiger partial charge is 0.268 e. The lowest BCUT2D eigenvalue weighted by molar-refractivity contribution is -0.140. The Kier molecular flexibility index (Phi) is 3.79. The van der Waals surface area contributed by atoms with Crippen LogP contribution in [0.5, 0.6) is 0 Å². The summed E-state index contributed by atoms with van der Waals surface area (Å²) in [5.41, 5.74) is 2.78. The number of amides is 2. The van der Waals surface area contributed by atoms with Crippen LogP contribution in [-0.2, 0) is 9.59 Å². The first-order chi connectivity index (χ1) is 6.61. The van der Waals surface area contributed by atoms with E-state index in [0.717, 1.165) is 18.0 Å². The van der Waals surface area contributed by atoms with Gasteiger partial charge in [-0.05, 0) is 27.1 Å². The van der Waals surface area contributed by atoms with Crippen molar-refractivity contribution < 1.29 is 9.59 Å². The van der Waals surface area contributed by atoms with Crippen LogP contribution in [-0.4, -0.2) is 48.9 Å². The maximum atomic E-state index is 11.1. The van der Waals surface area contributed by atoms with Gasteiger partial charge in [0.2, 0.25) is 0 Å². The number of nitrogens with zero attached hydrogens (tertiary/aromatic N) is 2. The second kappa shape index (κ2) is 4.88. The van der Waals surface area contributed by atoms with Crippen LogP contribution in [0.4, 0.5) is 0 Å². The van der Waals surface area contributed by atoms with Gasteiger partial charge in [0.25, 0.3) is 11.8 Å². The minimum absolute atomic E-state index is 0.292. The third-order valence-electron chi connectivity index (χ3n) is 1.86. The quantitative estimate of drug-likeness (QED) is 0.471. The third-order valence-corrected chi connectivity index (χ3v) is 1.86. The van der Waals surface area contributed by atoms with E-state index in [2.05, 4.69) is 5.43 Å². The lowest BCUT2D eigenvalue weighted by atomic mass is 10.4. The Morgan fingerprint density at radius 3 is 2.36 bits per heavy atom. The van der Waals surface area contributed by atoms with Gasteiger partial charge in [0.1, 0.15) is 0 Å². The van der Waals surface area contributed by atoms with Crippen LogP contribution in [0.3, 0.4) is 0 Å². The fourth-order valence-corrected chi connectivity index (χ4v) is 1.14. The molecular weight excluding hydrogens is 182 g/mol. The van der Waals surface area contributed by atoms with E-state index in [9.17, 15) is 9.59 Å². The van der Waals surface area contributed by atoms with Crippen LogP contribution in [0.1, 0.15) is 6.42 Å². The molecule has 0 saturated heterocycles. The molecule has 78 valence electrons. The highest BCUT2D eigenvalue weighted by Gasteiger charge is 2.22. The molecule has 14 heavy (non-hydrogen) atoms. The third kappa shape index (κ3) is 2.93. The van der Waals surface area contributed by atoms with Gasteiger partial charge >= 0.3 is 0 Å². The number of imide groups is 1. The molecule has 0 bridgehead atoms. The van der Waals surface area contributed by atoms with Crippen LogP contribution in [0.2, 0.25) is 0 Å². The first kappa shape index (κ1) is 10.9. The molecule has 0 aliphatic carbocycles.